The molecule has 0 heterocycles. The maximum Gasteiger partial charge on any atom is 0.407 e. The zero-order chi connectivity index (χ0) is 18.9. The van der Waals surface area contributed by atoms with Gasteiger partial charge in [-0.25, -0.2) is 4.79 Å². The molecule has 1 amide bonds. The fraction of sp³-hybridized carbons (Fsp3) is 0.130. The van der Waals surface area contributed by atoms with Gasteiger partial charge in [-0.3, -0.25) is 4.79 Å². The summed E-state index contributed by atoms with van der Waals surface area (Å²) < 4.78 is 5.31. The molecule has 136 valence electrons. The molecule has 3 aromatic carbocycles. The van der Waals surface area contributed by atoms with Gasteiger partial charge >= 0.3 is 6.09 Å². The molecule has 0 radical (unpaired) electrons. The molecule has 4 nitrogen and oxygen atoms in total. The lowest BCUT2D eigenvalue weighted by Crippen LogP contribution is -2.30. The highest BCUT2D eigenvalue weighted by Gasteiger charge is 2.20. The highest BCUT2D eigenvalue weighted by atomic mass is 16.5. The Morgan fingerprint density at radius 1 is 0.778 bits per heavy atom. The summed E-state index contributed by atoms with van der Waals surface area (Å²) in [6.07, 6.45) is -0.386. The van der Waals surface area contributed by atoms with Gasteiger partial charge in [-0.1, -0.05) is 91.0 Å². The smallest absolute Gasteiger partial charge is 0.407 e. The number of alkyl carbamates (subject to hydrolysis) is 1. The molecule has 0 fully saturated rings. The van der Waals surface area contributed by atoms with E-state index in [2.05, 4.69) is 5.32 Å². The predicted octanol–water partition coefficient (Wildman–Crippen LogP) is 4.93. The molecule has 4 heteroatoms. The van der Waals surface area contributed by atoms with E-state index in [4.69, 9.17) is 4.74 Å². The second kappa shape index (κ2) is 9.34. The number of ketones is 1. The average Bonchev–Trinajstić information content (AvgIpc) is 2.74. The van der Waals surface area contributed by atoms with Gasteiger partial charge in [0.15, 0.2) is 5.78 Å². The molecule has 0 aliphatic carbocycles. The van der Waals surface area contributed by atoms with E-state index in [1.54, 1.807) is 12.1 Å². The maximum atomic E-state index is 12.6. The molecule has 0 saturated heterocycles. The van der Waals surface area contributed by atoms with E-state index in [9.17, 15) is 9.59 Å². The molecule has 3 aromatic rings. The van der Waals surface area contributed by atoms with Gasteiger partial charge in [0.2, 0.25) is 0 Å². The third kappa shape index (κ3) is 5.54. The number of nitrogens with one attached hydrogen (secondary N) is 1. The van der Waals surface area contributed by atoms with Crippen LogP contribution in [0.25, 0.3) is 0 Å². The highest BCUT2D eigenvalue weighted by molar-refractivity contribution is 5.96. The van der Waals surface area contributed by atoms with E-state index in [0.717, 1.165) is 11.1 Å². The molecule has 0 unspecified atom stereocenters. The summed E-state index contributed by atoms with van der Waals surface area (Å²) in [5.74, 6) is -0.0344. The summed E-state index contributed by atoms with van der Waals surface area (Å²) >= 11 is 0. The monoisotopic (exact) mass is 359 g/mol. The second-order valence-corrected chi connectivity index (χ2v) is 6.16. The Morgan fingerprint density at radius 2 is 1.33 bits per heavy atom. The summed E-state index contributed by atoms with van der Waals surface area (Å²) in [6, 6.07) is 27.5. The topological polar surface area (TPSA) is 55.4 Å². The molecular weight excluding hydrogens is 338 g/mol. The summed E-state index contributed by atoms with van der Waals surface area (Å²) in [4.78, 5) is 24.9. The van der Waals surface area contributed by atoms with Gasteiger partial charge in [-0.05, 0) is 11.1 Å². The number of hydrogen-bond acceptors (Lipinski definition) is 3. The van der Waals surface area contributed by atoms with Crippen LogP contribution in [-0.2, 0) is 11.3 Å². The van der Waals surface area contributed by atoms with Gasteiger partial charge in [0.05, 0.1) is 6.04 Å². The lowest BCUT2D eigenvalue weighted by Gasteiger charge is -2.18. The zero-order valence-corrected chi connectivity index (χ0v) is 14.9. The standard InChI is InChI=1S/C23H21NO3/c25-22(20-14-8-3-9-15-20)16-21(19-12-6-2-7-13-19)24-23(26)27-17-18-10-4-1-5-11-18/h1-15,21H,16-17H2,(H,24,26)/t21-/m1/s1. The van der Waals surface area contributed by atoms with Gasteiger partial charge in [0.25, 0.3) is 0 Å². The molecule has 3 rings (SSSR count). The van der Waals surface area contributed by atoms with Crippen molar-refractivity contribution in [3.8, 4) is 0 Å². The van der Waals surface area contributed by atoms with Crippen molar-refractivity contribution in [3.05, 3.63) is 108 Å². The predicted molar refractivity (Wildman–Crippen MR) is 104 cm³/mol. The van der Waals surface area contributed by atoms with E-state index in [1.807, 2.05) is 78.9 Å². The third-order valence-corrected chi connectivity index (χ3v) is 4.19. The third-order valence-electron chi connectivity index (χ3n) is 4.19. The van der Waals surface area contributed by atoms with Crippen LogP contribution in [0.15, 0.2) is 91.0 Å². The minimum Gasteiger partial charge on any atom is -0.445 e. The molecule has 0 bridgehead atoms. The van der Waals surface area contributed by atoms with Crippen LogP contribution in [0.4, 0.5) is 4.79 Å². The first-order valence-corrected chi connectivity index (χ1v) is 8.83. The summed E-state index contributed by atoms with van der Waals surface area (Å²) in [7, 11) is 0. The van der Waals surface area contributed by atoms with Gasteiger partial charge in [0.1, 0.15) is 6.61 Å². The average molecular weight is 359 g/mol. The molecule has 1 atom stereocenters. The maximum absolute atomic E-state index is 12.6. The number of amides is 1. The Morgan fingerprint density at radius 3 is 1.96 bits per heavy atom. The van der Waals surface area contributed by atoms with Crippen LogP contribution in [0.2, 0.25) is 0 Å². The number of carbonyl (C=O) groups is 2. The fourth-order valence-electron chi connectivity index (χ4n) is 2.77. The first-order valence-electron chi connectivity index (χ1n) is 8.83. The Bertz CT molecular complexity index is 864. The Hall–Kier alpha value is -3.40. The molecule has 0 saturated carbocycles. The van der Waals surface area contributed by atoms with Crippen LogP contribution < -0.4 is 5.32 Å². The van der Waals surface area contributed by atoms with Crippen molar-refractivity contribution < 1.29 is 14.3 Å². The van der Waals surface area contributed by atoms with E-state index >= 15 is 0 Å². The van der Waals surface area contributed by atoms with Crippen molar-refractivity contribution in [2.75, 3.05) is 0 Å². The van der Waals surface area contributed by atoms with Gasteiger partial charge < -0.3 is 10.1 Å². The number of rotatable bonds is 7. The molecule has 1 N–H and O–H groups in total. The molecule has 0 aliphatic rings. The van der Waals surface area contributed by atoms with Crippen molar-refractivity contribution in [3.63, 3.8) is 0 Å². The van der Waals surface area contributed by atoms with Crippen molar-refractivity contribution in [1.29, 1.82) is 0 Å². The first kappa shape index (κ1) is 18.4. The van der Waals surface area contributed by atoms with Gasteiger partial charge in [-0.15, -0.1) is 0 Å². The zero-order valence-electron chi connectivity index (χ0n) is 14.9. The lowest BCUT2D eigenvalue weighted by atomic mass is 9.98. The first-order chi connectivity index (χ1) is 13.2. The van der Waals surface area contributed by atoms with Crippen LogP contribution in [-0.4, -0.2) is 11.9 Å². The largest absolute Gasteiger partial charge is 0.445 e. The van der Waals surface area contributed by atoms with E-state index < -0.39 is 12.1 Å². The summed E-state index contributed by atoms with van der Waals surface area (Å²) in [5, 5.41) is 2.82. The molecule has 0 aliphatic heterocycles. The quantitative estimate of drug-likeness (QED) is 0.609. The fourth-order valence-corrected chi connectivity index (χ4v) is 2.77. The number of ether oxygens (including phenoxy) is 1. The molecule has 27 heavy (non-hydrogen) atoms. The number of Topliss-reactive ketones (excluding diaryl/α,β-unsaturated/α-hetero) is 1. The lowest BCUT2D eigenvalue weighted by molar-refractivity contribution is 0.0963. The van der Waals surface area contributed by atoms with Crippen LogP contribution in [0, 0.1) is 0 Å². The second-order valence-electron chi connectivity index (χ2n) is 6.16. The van der Waals surface area contributed by atoms with Gasteiger partial charge in [0, 0.05) is 12.0 Å². The van der Waals surface area contributed by atoms with Crippen molar-refractivity contribution >= 4 is 11.9 Å². The Balaban J connectivity index is 1.67. The Kier molecular flexibility index (Phi) is 6.36. The van der Waals surface area contributed by atoms with E-state index in [-0.39, 0.29) is 18.8 Å². The minimum atomic E-state index is -0.548. The molecule has 0 spiro atoms. The van der Waals surface area contributed by atoms with Crippen LogP contribution >= 0.6 is 0 Å². The van der Waals surface area contributed by atoms with E-state index in [1.165, 1.54) is 0 Å². The van der Waals surface area contributed by atoms with Crippen LogP contribution in [0.1, 0.15) is 33.9 Å². The normalized spacial score (nSPS) is 11.4. The molecule has 0 aromatic heterocycles. The minimum absolute atomic E-state index is 0.0344. The van der Waals surface area contributed by atoms with Crippen molar-refractivity contribution in [1.82, 2.24) is 5.32 Å². The highest BCUT2D eigenvalue weighted by Crippen LogP contribution is 2.19. The number of hydrogen-bond donors (Lipinski definition) is 1. The Labute approximate surface area is 158 Å². The number of benzene rings is 3. The van der Waals surface area contributed by atoms with Crippen LogP contribution in [0.5, 0.6) is 0 Å². The number of carbonyl (C=O) groups excluding carboxylic acids is 2. The van der Waals surface area contributed by atoms with Crippen molar-refractivity contribution in [2.45, 2.75) is 19.1 Å². The van der Waals surface area contributed by atoms with E-state index in [0.29, 0.717) is 5.56 Å². The summed E-state index contributed by atoms with van der Waals surface area (Å²) in [5.41, 5.74) is 2.39. The van der Waals surface area contributed by atoms with Crippen molar-refractivity contribution in [2.24, 2.45) is 0 Å². The summed E-state index contributed by atoms with van der Waals surface area (Å²) in [6.45, 7) is 0.181. The van der Waals surface area contributed by atoms with Crippen LogP contribution in [0.3, 0.4) is 0 Å². The SMILES string of the molecule is O=C(N[C@H](CC(=O)c1ccccc1)c1ccccc1)OCc1ccccc1. The molecular formula is C23H21NO3. The van der Waals surface area contributed by atoms with Gasteiger partial charge in [-0.2, -0.15) is 0 Å².